The van der Waals surface area contributed by atoms with Crippen LogP contribution in [0.3, 0.4) is 0 Å². The number of hydrogen-bond acceptors (Lipinski definition) is 2. The number of aromatic nitrogens is 2. The van der Waals surface area contributed by atoms with Crippen molar-refractivity contribution in [1.29, 1.82) is 0 Å². The lowest BCUT2D eigenvalue weighted by Gasteiger charge is -2.16. The minimum absolute atomic E-state index is 0.530. The predicted octanol–water partition coefficient (Wildman–Crippen LogP) is 2.70. The zero-order chi connectivity index (χ0) is 10.1. The van der Waals surface area contributed by atoms with Gasteiger partial charge in [0.15, 0.2) is 0 Å². The quantitative estimate of drug-likeness (QED) is 0.799. The average molecular weight is 193 g/mol. The Morgan fingerprint density at radius 1 is 1.50 bits per heavy atom. The van der Waals surface area contributed by atoms with Crippen LogP contribution in [0.5, 0.6) is 0 Å². The van der Waals surface area contributed by atoms with Crippen molar-refractivity contribution in [2.24, 2.45) is 0 Å². The number of rotatable bonds is 4. The number of hydrogen-bond donors (Lipinski definition) is 1. The van der Waals surface area contributed by atoms with Crippen LogP contribution in [0.1, 0.15) is 57.2 Å². The van der Waals surface area contributed by atoms with E-state index in [2.05, 4.69) is 23.6 Å². The third kappa shape index (κ3) is 1.51. The van der Waals surface area contributed by atoms with Gasteiger partial charge in [0.25, 0.3) is 0 Å². The van der Waals surface area contributed by atoms with Crippen LogP contribution in [0.15, 0.2) is 6.20 Å². The Bertz CT molecular complexity index is 308. The molecule has 1 heterocycles. The summed E-state index contributed by atoms with van der Waals surface area (Å²) in [7, 11) is 0. The summed E-state index contributed by atoms with van der Waals surface area (Å²) in [5.41, 5.74) is 8.12. The molecular weight excluding hydrogens is 174 g/mol. The number of nitrogens with two attached hydrogens (primary N) is 1. The molecule has 78 valence electrons. The second-order valence-electron chi connectivity index (χ2n) is 4.17. The molecule has 0 aliphatic heterocycles. The zero-order valence-electron chi connectivity index (χ0n) is 9.03. The average Bonchev–Trinajstić information content (AvgIpc) is 2.95. The van der Waals surface area contributed by atoms with Crippen LogP contribution in [-0.2, 0) is 0 Å². The molecule has 1 aromatic heterocycles. The van der Waals surface area contributed by atoms with Gasteiger partial charge in [-0.15, -0.1) is 0 Å². The molecule has 0 saturated heterocycles. The summed E-state index contributed by atoms with van der Waals surface area (Å²) in [6.07, 6.45) is 6.66. The first-order valence-corrected chi connectivity index (χ1v) is 5.60. The van der Waals surface area contributed by atoms with E-state index in [0.717, 1.165) is 18.5 Å². The summed E-state index contributed by atoms with van der Waals surface area (Å²) in [6, 6.07) is 0.530. The van der Waals surface area contributed by atoms with E-state index in [9.17, 15) is 0 Å². The van der Waals surface area contributed by atoms with E-state index in [1.54, 1.807) is 0 Å². The van der Waals surface area contributed by atoms with Crippen molar-refractivity contribution in [3.8, 4) is 0 Å². The maximum atomic E-state index is 5.95. The van der Waals surface area contributed by atoms with Gasteiger partial charge in [-0.25, -0.2) is 0 Å². The van der Waals surface area contributed by atoms with E-state index in [-0.39, 0.29) is 0 Å². The fraction of sp³-hybridized carbons (Fsp3) is 0.727. The highest BCUT2D eigenvalue weighted by Crippen LogP contribution is 2.43. The van der Waals surface area contributed by atoms with E-state index >= 15 is 0 Å². The van der Waals surface area contributed by atoms with Gasteiger partial charge in [-0.1, -0.05) is 13.8 Å². The molecule has 0 bridgehead atoms. The Morgan fingerprint density at radius 3 is 2.64 bits per heavy atom. The Labute approximate surface area is 85.3 Å². The normalized spacial score (nSPS) is 16.5. The van der Waals surface area contributed by atoms with Gasteiger partial charge in [0.1, 0.15) is 0 Å². The third-order valence-corrected chi connectivity index (χ3v) is 3.12. The second-order valence-corrected chi connectivity index (χ2v) is 4.17. The van der Waals surface area contributed by atoms with Gasteiger partial charge in [0, 0.05) is 5.92 Å². The van der Waals surface area contributed by atoms with Crippen molar-refractivity contribution in [2.75, 3.05) is 5.73 Å². The molecular formula is C11H19N3. The molecule has 1 aliphatic rings. The molecule has 1 aliphatic carbocycles. The Kier molecular flexibility index (Phi) is 2.48. The molecule has 3 heteroatoms. The Balaban J connectivity index is 2.31. The van der Waals surface area contributed by atoms with Gasteiger partial charge in [-0.2, -0.15) is 5.10 Å². The van der Waals surface area contributed by atoms with Crippen molar-refractivity contribution in [1.82, 2.24) is 9.78 Å². The minimum Gasteiger partial charge on any atom is -0.396 e. The first-order valence-electron chi connectivity index (χ1n) is 5.60. The molecule has 0 aromatic carbocycles. The molecule has 0 unspecified atom stereocenters. The number of nitrogens with zero attached hydrogens (tertiary/aromatic N) is 2. The largest absolute Gasteiger partial charge is 0.396 e. The number of anilines is 1. The maximum absolute atomic E-state index is 5.95. The molecule has 1 fully saturated rings. The lowest BCUT2D eigenvalue weighted by molar-refractivity contribution is 0.415. The summed E-state index contributed by atoms with van der Waals surface area (Å²) in [5.74, 6) is 0.693. The van der Waals surface area contributed by atoms with Crippen LogP contribution < -0.4 is 5.73 Å². The lowest BCUT2D eigenvalue weighted by Crippen LogP contribution is -2.12. The van der Waals surface area contributed by atoms with Crippen molar-refractivity contribution in [3.05, 3.63) is 11.9 Å². The smallest absolute Gasteiger partial charge is 0.0736 e. The van der Waals surface area contributed by atoms with Crippen molar-refractivity contribution in [3.63, 3.8) is 0 Å². The molecule has 0 atom stereocenters. The summed E-state index contributed by atoms with van der Waals surface area (Å²) >= 11 is 0. The van der Waals surface area contributed by atoms with Gasteiger partial charge < -0.3 is 5.73 Å². The van der Waals surface area contributed by atoms with Crippen LogP contribution in [0.25, 0.3) is 0 Å². The fourth-order valence-corrected chi connectivity index (χ4v) is 2.09. The molecule has 0 amide bonds. The van der Waals surface area contributed by atoms with Gasteiger partial charge in [0.05, 0.1) is 23.6 Å². The molecule has 1 saturated carbocycles. The van der Waals surface area contributed by atoms with Crippen LogP contribution in [0.4, 0.5) is 5.69 Å². The predicted molar refractivity (Wildman–Crippen MR) is 58.2 cm³/mol. The Hall–Kier alpha value is -0.990. The molecule has 0 radical (unpaired) electrons. The van der Waals surface area contributed by atoms with Crippen LogP contribution in [-0.4, -0.2) is 9.78 Å². The number of nitrogen functional groups attached to an aromatic ring is 1. The van der Waals surface area contributed by atoms with Gasteiger partial charge in [-0.3, -0.25) is 4.68 Å². The van der Waals surface area contributed by atoms with E-state index in [4.69, 9.17) is 5.73 Å². The molecule has 1 aromatic rings. The van der Waals surface area contributed by atoms with Crippen molar-refractivity contribution >= 4 is 5.69 Å². The molecule has 2 N–H and O–H groups in total. The summed E-state index contributed by atoms with van der Waals surface area (Å²) in [5, 5.41) is 4.41. The summed E-state index contributed by atoms with van der Waals surface area (Å²) < 4.78 is 2.16. The zero-order valence-corrected chi connectivity index (χ0v) is 9.03. The standard InChI is InChI=1S/C11H19N3/c1-3-9(4-2)14-11(8-5-6-8)10(12)7-13-14/h7-9H,3-6,12H2,1-2H3. The highest BCUT2D eigenvalue weighted by Gasteiger charge is 2.30. The van der Waals surface area contributed by atoms with Gasteiger partial charge in [0.2, 0.25) is 0 Å². The lowest BCUT2D eigenvalue weighted by atomic mass is 10.1. The fourth-order valence-electron chi connectivity index (χ4n) is 2.09. The maximum Gasteiger partial charge on any atom is 0.0736 e. The topological polar surface area (TPSA) is 43.8 Å². The SMILES string of the molecule is CCC(CC)n1ncc(N)c1C1CC1. The van der Waals surface area contributed by atoms with Gasteiger partial charge in [-0.05, 0) is 25.7 Å². The Morgan fingerprint density at radius 2 is 2.14 bits per heavy atom. The van der Waals surface area contributed by atoms with Crippen LogP contribution in [0.2, 0.25) is 0 Å². The molecule has 2 rings (SSSR count). The van der Waals surface area contributed by atoms with Crippen LogP contribution >= 0.6 is 0 Å². The minimum atomic E-state index is 0.530. The third-order valence-electron chi connectivity index (χ3n) is 3.12. The second kappa shape index (κ2) is 3.64. The van der Waals surface area contributed by atoms with E-state index in [1.807, 2.05) is 6.20 Å². The molecule has 3 nitrogen and oxygen atoms in total. The molecule has 14 heavy (non-hydrogen) atoms. The monoisotopic (exact) mass is 193 g/mol. The van der Waals surface area contributed by atoms with Gasteiger partial charge >= 0.3 is 0 Å². The van der Waals surface area contributed by atoms with E-state index < -0.39 is 0 Å². The molecule has 0 spiro atoms. The summed E-state index contributed by atoms with van der Waals surface area (Å²) in [6.45, 7) is 4.42. The van der Waals surface area contributed by atoms with E-state index in [0.29, 0.717) is 12.0 Å². The summed E-state index contributed by atoms with van der Waals surface area (Å²) in [4.78, 5) is 0. The van der Waals surface area contributed by atoms with E-state index in [1.165, 1.54) is 18.5 Å². The van der Waals surface area contributed by atoms with Crippen molar-refractivity contribution < 1.29 is 0 Å². The highest BCUT2D eigenvalue weighted by molar-refractivity contribution is 5.45. The first kappa shape index (κ1) is 9.56. The highest BCUT2D eigenvalue weighted by atomic mass is 15.3. The van der Waals surface area contributed by atoms with Crippen LogP contribution in [0, 0.1) is 0 Å². The van der Waals surface area contributed by atoms with Crippen molar-refractivity contribution in [2.45, 2.75) is 51.5 Å². The first-order chi connectivity index (χ1) is 6.77.